The minimum Gasteiger partial charge on any atom is -0.340 e. The number of aromatic nitrogens is 1. The number of piperidine rings is 1. The number of rotatable bonds is 3. The molecular formula is C15H23N3O. The highest BCUT2D eigenvalue weighted by molar-refractivity contribution is 5.82. The Balaban J connectivity index is 2.02. The van der Waals surface area contributed by atoms with Crippen LogP contribution in [0, 0.1) is 5.41 Å². The lowest BCUT2D eigenvalue weighted by atomic mass is 9.77. The van der Waals surface area contributed by atoms with Crippen LogP contribution in [0.15, 0.2) is 24.5 Å². The summed E-state index contributed by atoms with van der Waals surface area (Å²) in [6.07, 6.45) is 5.79. The van der Waals surface area contributed by atoms with Gasteiger partial charge in [0.2, 0.25) is 5.91 Å². The van der Waals surface area contributed by atoms with Crippen LogP contribution in [0.5, 0.6) is 0 Å². The molecule has 4 heteroatoms. The van der Waals surface area contributed by atoms with Crippen LogP contribution in [0.2, 0.25) is 0 Å². The number of hydrogen-bond donors (Lipinski definition) is 1. The van der Waals surface area contributed by atoms with E-state index in [9.17, 15) is 4.79 Å². The fourth-order valence-corrected chi connectivity index (χ4v) is 2.70. The third-order valence-corrected chi connectivity index (χ3v) is 3.89. The molecule has 1 aromatic rings. The molecule has 0 saturated carbocycles. The van der Waals surface area contributed by atoms with E-state index in [1.54, 1.807) is 11.1 Å². The van der Waals surface area contributed by atoms with Gasteiger partial charge in [0, 0.05) is 26.0 Å². The minimum absolute atomic E-state index is 0.0263. The number of carbonyl (C=O) groups excluding carboxylic acids is 1. The number of likely N-dealkylation sites (N-methyl/N-ethyl adjacent to an activating group) is 1. The van der Waals surface area contributed by atoms with Crippen molar-refractivity contribution in [3.05, 3.63) is 30.1 Å². The van der Waals surface area contributed by atoms with E-state index >= 15 is 0 Å². The first-order valence-electron chi connectivity index (χ1n) is 6.88. The zero-order valence-corrected chi connectivity index (χ0v) is 12.0. The van der Waals surface area contributed by atoms with Crippen molar-refractivity contribution in [1.29, 1.82) is 0 Å². The molecule has 1 fully saturated rings. The van der Waals surface area contributed by atoms with Crippen molar-refractivity contribution >= 4 is 5.91 Å². The average Bonchev–Trinajstić information content (AvgIpc) is 2.38. The summed E-state index contributed by atoms with van der Waals surface area (Å²) in [6.45, 7) is 5.88. The highest BCUT2D eigenvalue weighted by atomic mass is 16.2. The van der Waals surface area contributed by atoms with Crippen LogP contribution in [-0.4, -0.2) is 35.4 Å². The van der Waals surface area contributed by atoms with Gasteiger partial charge in [-0.2, -0.15) is 0 Å². The molecule has 19 heavy (non-hydrogen) atoms. The van der Waals surface area contributed by atoms with Gasteiger partial charge in [-0.3, -0.25) is 9.78 Å². The Morgan fingerprint density at radius 3 is 3.00 bits per heavy atom. The quantitative estimate of drug-likeness (QED) is 0.902. The lowest BCUT2D eigenvalue weighted by Gasteiger charge is -2.40. The maximum absolute atomic E-state index is 12.6. The van der Waals surface area contributed by atoms with Crippen molar-refractivity contribution in [3.63, 3.8) is 0 Å². The average molecular weight is 261 g/mol. The van der Waals surface area contributed by atoms with Crippen LogP contribution in [-0.2, 0) is 11.3 Å². The monoisotopic (exact) mass is 261 g/mol. The molecule has 0 aliphatic carbocycles. The maximum atomic E-state index is 12.6. The number of nitrogens with one attached hydrogen (secondary N) is 1. The van der Waals surface area contributed by atoms with Crippen molar-refractivity contribution in [2.45, 2.75) is 39.3 Å². The zero-order chi connectivity index (χ0) is 13.9. The summed E-state index contributed by atoms with van der Waals surface area (Å²) in [5, 5.41) is 3.37. The predicted octanol–water partition coefficient (Wildman–Crippen LogP) is 1.82. The van der Waals surface area contributed by atoms with Crippen molar-refractivity contribution in [2.24, 2.45) is 5.41 Å². The highest BCUT2D eigenvalue weighted by Gasteiger charge is 2.38. The van der Waals surface area contributed by atoms with Gasteiger partial charge >= 0.3 is 0 Å². The van der Waals surface area contributed by atoms with E-state index in [4.69, 9.17) is 0 Å². The molecule has 1 unspecified atom stereocenters. The zero-order valence-electron chi connectivity index (χ0n) is 12.0. The van der Waals surface area contributed by atoms with Crippen LogP contribution in [0.3, 0.4) is 0 Å². The van der Waals surface area contributed by atoms with E-state index in [0.29, 0.717) is 6.54 Å². The Kier molecular flexibility index (Phi) is 4.20. The number of carbonyl (C=O) groups is 1. The van der Waals surface area contributed by atoms with Gasteiger partial charge in [0.1, 0.15) is 0 Å². The van der Waals surface area contributed by atoms with Gasteiger partial charge in [-0.1, -0.05) is 19.9 Å². The molecule has 104 valence electrons. The number of pyridine rings is 1. The summed E-state index contributed by atoms with van der Waals surface area (Å²) in [4.78, 5) is 18.4. The summed E-state index contributed by atoms with van der Waals surface area (Å²) in [7, 11) is 1.86. The van der Waals surface area contributed by atoms with E-state index in [1.165, 1.54) is 0 Å². The van der Waals surface area contributed by atoms with Crippen molar-refractivity contribution < 1.29 is 4.79 Å². The predicted molar refractivity (Wildman–Crippen MR) is 75.5 cm³/mol. The third-order valence-electron chi connectivity index (χ3n) is 3.89. The first-order chi connectivity index (χ1) is 9.00. The standard InChI is InChI=1S/C15H23N3O/c1-15(2)7-5-9-17-13(15)14(19)18(3)11-12-6-4-8-16-10-12/h4,6,8,10,13,17H,5,7,9,11H2,1-3H3. The SMILES string of the molecule is CN(Cc1cccnc1)C(=O)C1NCCCC1(C)C. The van der Waals surface area contributed by atoms with Crippen LogP contribution in [0.25, 0.3) is 0 Å². The van der Waals surface area contributed by atoms with Gasteiger partial charge in [0.15, 0.2) is 0 Å². The first-order valence-corrected chi connectivity index (χ1v) is 6.88. The minimum atomic E-state index is -0.0806. The molecule has 2 heterocycles. The van der Waals surface area contributed by atoms with Crippen molar-refractivity contribution in [1.82, 2.24) is 15.2 Å². The fourth-order valence-electron chi connectivity index (χ4n) is 2.70. The summed E-state index contributed by atoms with van der Waals surface area (Å²) < 4.78 is 0. The highest BCUT2D eigenvalue weighted by Crippen LogP contribution is 2.31. The topological polar surface area (TPSA) is 45.2 Å². The molecular weight excluding hydrogens is 238 g/mol. The molecule has 0 aromatic carbocycles. The second-order valence-electron chi connectivity index (χ2n) is 6.03. The van der Waals surface area contributed by atoms with Gasteiger partial charge < -0.3 is 10.2 Å². The normalized spacial score (nSPS) is 21.9. The first kappa shape index (κ1) is 14.0. The summed E-state index contributed by atoms with van der Waals surface area (Å²) in [5.41, 5.74) is 1.09. The molecule has 1 aliphatic heterocycles. The Morgan fingerprint density at radius 1 is 1.58 bits per heavy atom. The Hall–Kier alpha value is -1.42. The second-order valence-corrected chi connectivity index (χ2v) is 6.03. The number of amides is 1. The maximum Gasteiger partial charge on any atom is 0.240 e. The van der Waals surface area contributed by atoms with E-state index in [-0.39, 0.29) is 17.4 Å². The van der Waals surface area contributed by atoms with Gasteiger partial charge in [-0.05, 0) is 36.4 Å². The molecule has 2 rings (SSSR count). The van der Waals surface area contributed by atoms with Gasteiger partial charge in [0.05, 0.1) is 6.04 Å². The van der Waals surface area contributed by atoms with Crippen LogP contribution >= 0.6 is 0 Å². The Labute approximate surface area is 115 Å². The molecule has 1 N–H and O–H groups in total. The van der Waals surface area contributed by atoms with Gasteiger partial charge in [0.25, 0.3) is 0 Å². The van der Waals surface area contributed by atoms with Gasteiger partial charge in [-0.25, -0.2) is 0 Å². The molecule has 0 bridgehead atoms. The number of nitrogens with zero attached hydrogens (tertiary/aromatic N) is 2. The Bertz CT molecular complexity index is 430. The fraction of sp³-hybridized carbons (Fsp3) is 0.600. The Morgan fingerprint density at radius 2 is 2.37 bits per heavy atom. The largest absolute Gasteiger partial charge is 0.340 e. The van der Waals surface area contributed by atoms with Crippen molar-refractivity contribution in [2.75, 3.05) is 13.6 Å². The molecule has 1 amide bonds. The summed E-state index contributed by atoms with van der Waals surface area (Å²) in [5.74, 6) is 0.175. The van der Waals surface area contributed by atoms with Crippen LogP contribution in [0.4, 0.5) is 0 Å². The van der Waals surface area contributed by atoms with Crippen LogP contribution < -0.4 is 5.32 Å². The third kappa shape index (κ3) is 3.32. The lowest BCUT2D eigenvalue weighted by molar-refractivity contribution is -0.136. The smallest absolute Gasteiger partial charge is 0.240 e. The summed E-state index contributed by atoms with van der Waals surface area (Å²) in [6, 6.07) is 3.81. The molecule has 1 saturated heterocycles. The number of hydrogen-bond acceptors (Lipinski definition) is 3. The van der Waals surface area contributed by atoms with Crippen molar-refractivity contribution in [3.8, 4) is 0 Å². The van der Waals surface area contributed by atoms with E-state index < -0.39 is 0 Å². The molecule has 1 aliphatic rings. The van der Waals surface area contributed by atoms with E-state index in [0.717, 1.165) is 24.9 Å². The van der Waals surface area contributed by atoms with Gasteiger partial charge in [-0.15, -0.1) is 0 Å². The summed E-state index contributed by atoms with van der Waals surface area (Å²) >= 11 is 0. The lowest BCUT2D eigenvalue weighted by Crippen LogP contribution is -2.55. The molecule has 0 spiro atoms. The second kappa shape index (κ2) is 5.70. The molecule has 1 atom stereocenters. The molecule has 0 radical (unpaired) electrons. The van der Waals surface area contributed by atoms with Crippen LogP contribution in [0.1, 0.15) is 32.3 Å². The van der Waals surface area contributed by atoms with E-state index in [2.05, 4.69) is 24.1 Å². The molecule has 4 nitrogen and oxygen atoms in total. The van der Waals surface area contributed by atoms with E-state index in [1.807, 2.05) is 25.4 Å². The molecule has 1 aromatic heterocycles.